The summed E-state index contributed by atoms with van der Waals surface area (Å²) in [6, 6.07) is -0.373. The summed E-state index contributed by atoms with van der Waals surface area (Å²) in [5.41, 5.74) is 5.13. The van der Waals surface area contributed by atoms with Crippen LogP contribution in [0.2, 0.25) is 0 Å². The maximum atomic E-state index is 10.8. The number of rotatable bonds is 7. The van der Waals surface area contributed by atoms with E-state index in [2.05, 4.69) is 5.32 Å². The lowest BCUT2D eigenvalue weighted by molar-refractivity contribution is -0.137. The molecule has 0 aliphatic rings. The highest BCUT2D eigenvalue weighted by Crippen LogP contribution is 1.99. The average molecular weight is 202 g/mol. The van der Waals surface area contributed by atoms with Crippen molar-refractivity contribution in [1.82, 2.24) is 5.32 Å². The number of nitrogens with one attached hydrogen (secondary N) is 1. The Labute approximate surface area is 83.7 Å². The Hall–Kier alpha value is -1.10. The minimum atomic E-state index is -0.828. The summed E-state index contributed by atoms with van der Waals surface area (Å²) in [4.78, 5) is 21.1. The van der Waals surface area contributed by atoms with E-state index < -0.39 is 11.9 Å². The lowest BCUT2D eigenvalue weighted by atomic mass is 10.1. The quantitative estimate of drug-likeness (QED) is 0.545. The zero-order valence-electron chi connectivity index (χ0n) is 8.62. The van der Waals surface area contributed by atoms with Gasteiger partial charge < -0.3 is 16.2 Å². The maximum Gasteiger partial charge on any atom is 0.303 e. The van der Waals surface area contributed by atoms with E-state index in [1.165, 1.54) is 0 Å². The fourth-order valence-electron chi connectivity index (χ4n) is 1.17. The molecule has 0 saturated heterocycles. The molecule has 0 heterocycles. The predicted molar refractivity (Wildman–Crippen MR) is 52.7 cm³/mol. The number of nitrogens with two attached hydrogens (primary N) is 1. The molecule has 0 fully saturated rings. The second kappa shape index (κ2) is 6.37. The summed E-state index contributed by atoms with van der Waals surface area (Å²) >= 11 is 0. The Balaban J connectivity index is 3.84. The molecule has 0 radical (unpaired) electrons. The van der Waals surface area contributed by atoms with Crippen molar-refractivity contribution in [2.75, 3.05) is 0 Å². The number of amides is 1. The van der Waals surface area contributed by atoms with E-state index in [4.69, 9.17) is 10.8 Å². The molecule has 0 aromatic heterocycles. The number of carbonyl (C=O) groups excluding carboxylic acids is 1. The highest BCUT2D eigenvalue weighted by molar-refractivity contribution is 5.79. The van der Waals surface area contributed by atoms with Gasteiger partial charge in [0, 0.05) is 12.5 Å². The summed E-state index contributed by atoms with van der Waals surface area (Å²) in [5.74, 6) is -1.22. The first-order chi connectivity index (χ1) is 6.47. The molecule has 0 aliphatic heterocycles. The van der Waals surface area contributed by atoms with Gasteiger partial charge >= 0.3 is 5.97 Å². The van der Waals surface area contributed by atoms with Gasteiger partial charge in [-0.25, -0.2) is 0 Å². The molecular weight excluding hydrogens is 184 g/mol. The van der Waals surface area contributed by atoms with Gasteiger partial charge in [0.1, 0.15) is 0 Å². The first-order valence-corrected chi connectivity index (χ1v) is 4.74. The summed E-state index contributed by atoms with van der Waals surface area (Å²) in [7, 11) is 0. The van der Waals surface area contributed by atoms with Crippen LogP contribution in [0.1, 0.15) is 33.1 Å². The molecule has 1 unspecified atom stereocenters. The molecule has 14 heavy (non-hydrogen) atoms. The molecule has 5 heteroatoms. The molecule has 0 saturated carbocycles. The number of hydrogen-bond donors (Lipinski definition) is 3. The van der Waals surface area contributed by atoms with Crippen molar-refractivity contribution in [3.63, 3.8) is 0 Å². The fourth-order valence-corrected chi connectivity index (χ4v) is 1.17. The van der Waals surface area contributed by atoms with E-state index in [0.717, 1.165) is 0 Å². The van der Waals surface area contributed by atoms with E-state index in [-0.39, 0.29) is 18.5 Å². The lowest BCUT2D eigenvalue weighted by Gasteiger charge is -2.18. The van der Waals surface area contributed by atoms with Crippen LogP contribution in [0.3, 0.4) is 0 Å². The van der Waals surface area contributed by atoms with E-state index in [1.54, 1.807) is 0 Å². The SMILES string of the molecule is CCC(N[C@H](C)CCC(=O)O)C(N)=O. The third-order valence-corrected chi connectivity index (χ3v) is 2.03. The second-order valence-corrected chi connectivity index (χ2v) is 3.36. The van der Waals surface area contributed by atoms with Gasteiger partial charge in [0.2, 0.25) is 5.91 Å². The van der Waals surface area contributed by atoms with Crippen LogP contribution in [0.4, 0.5) is 0 Å². The summed E-state index contributed by atoms with van der Waals surface area (Å²) in [6.07, 6.45) is 1.22. The van der Waals surface area contributed by atoms with Crippen LogP contribution in [-0.2, 0) is 9.59 Å². The second-order valence-electron chi connectivity index (χ2n) is 3.36. The van der Waals surface area contributed by atoms with Crippen LogP contribution < -0.4 is 11.1 Å². The van der Waals surface area contributed by atoms with E-state index in [0.29, 0.717) is 12.8 Å². The first kappa shape index (κ1) is 12.9. The molecule has 0 bridgehead atoms. The number of carbonyl (C=O) groups is 2. The fraction of sp³-hybridized carbons (Fsp3) is 0.778. The van der Waals surface area contributed by atoms with Crippen LogP contribution in [0.25, 0.3) is 0 Å². The number of carboxylic acid groups (broad SMARTS) is 1. The van der Waals surface area contributed by atoms with Crippen molar-refractivity contribution >= 4 is 11.9 Å². The predicted octanol–water partition coefficient (Wildman–Crippen LogP) is 0.0932. The molecule has 0 spiro atoms. The van der Waals surface area contributed by atoms with Gasteiger partial charge in [-0.2, -0.15) is 0 Å². The van der Waals surface area contributed by atoms with Crippen molar-refractivity contribution in [1.29, 1.82) is 0 Å². The lowest BCUT2D eigenvalue weighted by Crippen LogP contribution is -2.45. The molecule has 82 valence electrons. The zero-order chi connectivity index (χ0) is 11.1. The molecule has 0 aliphatic carbocycles. The number of carboxylic acids is 1. The Morgan fingerprint density at radius 3 is 2.43 bits per heavy atom. The van der Waals surface area contributed by atoms with Crippen LogP contribution in [0, 0.1) is 0 Å². The van der Waals surface area contributed by atoms with Gasteiger partial charge in [-0.1, -0.05) is 6.92 Å². The van der Waals surface area contributed by atoms with Crippen molar-refractivity contribution in [2.45, 2.75) is 45.2 Å². The Morgan fingerprint density at radius 2 is 2.07 bits per heavy atom. The van der Waals surface area contributed by atoms with Crippen LogP contribution in [0.5, 0.6) is 0 Å². The molecule has 0 rings (SSSR count). The largest absolute Gasteiger partial charge is 0.481 e. The number of primary amides is 1. The Bertz CT molecular complexity index is 206. The van der Waals surface area contributed by atoms with Crippen molar-refractivity contribution < 1.29 is 14.7 Å². The highest BCUT2D eigenvalue weighted by Gasteiger charge is 2.15. The van der Waals surface area contributed by atoms with Gasteiger partial charge in [0.05, 0.1) is 6.04 Å². The maximum absolute atomic E-state index is 10.8. The molecule has 1 amide bonds. The molecule has 0 aromatic carbocycles. The standard InChI is InChI=1S/C9H18N2O3/c1-3-7(9(10)14)11-6(2)4-5-8(12)13/h6-7,11H,3-5H2,1-2H3,(H2,10,14)(H,12,13)/t6-,7?/m1/s1. The zero-order valence-corrected chi connectivity index (χ0v) is 8.62. The summed E-state index contributed by atoms with van der Waals surface area (Å²) in [6.45, 7) is 3.70. The van der Waals surface area contributed by atoms with Crippen LogP contribution >= 0.6 is 0 Å². The normalized spacial score (nSPS) is 14.7. The van der Waals surface area contributed by atoms with Gasteiger partial charge in [-0.3, -0.25) is 9.59 Å². The third kappa shape index (κ3) is 5.53. The number of hydrogen-bond acceptors (Lipinski definition) is 3. The molecule has 2 atom stereocenters. The van der Waals surface area contributed by atoms with Crippen molar-refractivity contribution in [3.8, 4) is 0 Å². The Morgan fingerprint density at radius 1 is 1.50 bits per heavy atom. The van der Waals surface area contributed by atoms with E-state index in [1.807, 2.05) is 13.8 Å². The molecule has 4 N–H and O–H groups in total. The first-order valence-electron chi connectivity index (χ1n) is 4.74. The Kier molecular flexibility index (Phi) is 5.87. The van der Waals surface area contributed by atoms with Crippen LogP contribution in [-0.4, -0.2) is 29.1 Å². The van der Waals surface area contributed by atoms with Gasteiger partial charge in [-0.05, 0) is 19.8 Å². The van der Waals surface area contributed by atoms with E-state index >= 15 is 0 Å². The van der Waals surface area contributed by atoms with Crippen LogP contribution in [0.15, 0.2) is 0 Å². The van der Waals surface area contributed by atoms with Gasteiger partial charge in [0.15, 0.2) is 0 Å². The summed E-state index contributed by atoms with van der Waals surface area (Å²) in [5, 5.41) is 11.4. The number of aliphatic carboxylic acids is 1. The smallest absolute Gasteiger partial charge is 0.303 e. The van der Waals surface area contributed by atoms with Crippen molar-refractivity contribution in [3.05, 3.63) is 0 Å². The summed E-state index contributed by atoms with van der Waals surface area (Å²) < 4.78 is 0. The van der Waals surface area contributed by atoms with E-state index in [9.17, 15) is 9.59 Å². The average Bonchev–Trinajstić information content (AvgIpc) is 2.10. The minimum absolute atomic E-state index is 0.0106. The van der Waals surface area contributed by atoms with Gasteiger partial charge in [-0.15, -0.1) is 0 Å². The monoisotopic (exact) mass is 202 g/mol. The molecule has 0 aromatic rings. The minimum Gasteiger partial charge on any atom is -0.481 e. The van der Waals surface area contributed by atoms with Crippen molar-refractivity contribution in [2.24, 2.45) is 5.73 Å². The molecular formula is C9H18N2O3. The topological polar surface area (TPSA) is 92.4 Å². The highest BCUT2D eigenvalue weighted by atomic mass is 16.4. The third-order valence-electron chi connectivity index (χ3n) is 2.03. The molecule has 5 nitrogen and oxygen atoms in total. The van der Waals surface area contributed by atoms with Gasteiger partial charge in [0.25, 0.3) is 0 Å².